The number of pyridine rings is 1. The maximum Gasteiger partial charge on any atom is 0.339 e. The Kier molecular flexibility index (Phi) is 3.72. The molecule has 0 saturated carbocycles. The van der Waals surface area contributed by atoms with Crippen molar-refractivity contribution in [3.8, 4) is 11.8 Å². The van der Waals surface area contributed by atoms with Crippen LogP contribution in [-0.2, 0) is 10.1 Å². The van der Waals surface area contributed by atoms with Crippen LogP contribution in [0.5, 0.6) is 5.75 Å². The van der Waals surface area contributed by atoms with Crippen LogP contribution >= 0.6 is 0 Å². The van der Waals surface area contributed by atoms with Crippen molar-refractivity contribution in [2.45, 2.75) is 18.7 Å². The zero-order chi connectivity index (χ0) is 14.8. The number of hydrogen-bond acceptors (Lipinski definition) is 5. The van der Waals surface area contributed by atoms with Crippen LogP contribution in [0.3, 0.4) is 0 Å². The molecule has 0 fully saturated rings. The van der Waals surface area contributed by atoms with Crippen LogP contribution in [0.1, 0.15) is 16.8 Å². The molecule has 102 valence electrons. The van der Waals surface area contributed by atoms with Crippen LogP contribution in [0.2, 0.25) is 0 Å². The molecule has 1 aromatic heterocycles. The first-order valence-electron chi connectivity index (χ1n) is 5.81. The standard InChI is InChI=1S/C14H12N2O3S/c1-10-3-5-12(6-4-10)20(17,18)19-14-11(2)7-8-16-13(14)9-15/h3-8H,1-2H3. The fourth-order valence-corrected chi connectivity index (χ4v) is 2.59. The van der Waals surface area contributed by atoms with E-state index in [2.05, 4.69) is 4.98 Å². The Bertz CT molecular complexity index is 775. The second kappa shape index (κ2) is 5.31. The van der Waals surface area contributed by atoms with Gasteiger partial charge in [0.2, 0.25) is 0 Å². The van der Waals surface area contributed by atoms with E-state index < -0.39 is 10.1 Å². The monoisotopic (exact) mass is 288 g/mol. The SMILES string of the molecule is Cc1ccc(S(=O)(=O)Oc2c(C)ccnc2C#N)cc1. The van der Waals surface area contributed by atoms with Gasteiger partial charge in [-0.25, -0.2) is 4.98 Å². The van der Waals surface area contributed by atoms with Gasteiger partial charge >= 0.3 is 10.1 Å². The van der Waals surface area contributed by atoms with Crippen molar-refractivity contribution in [3.05, 3.63) is 53.3 Å². The third-order valence-electron chi connectivity index (χ3n) is 2.71. The molecule has 5 nitrogen and oxygen atoms in total. The fraction of sp³-hybridized carbons (Fsp3) is 0.143. The summed E-state index contributed by atoms with van der Waals surface area (Å²) in [7, 11) is -3.98. The Morgan fingerprint density at radius 1 is 1.15 bits per heavy atom. The highest BCUT2D eigenvalue weighted by molar-refractivity contribution is 7.87. The molecule has 0 N–H and O–H groups in total. The smallest absolute Gasteiger partial charge is 0.339 e. The first-order chi connectivity index (χ1) is 9.44. The molecule has 0 bridgehead atoms. The van der Waals surface area contributed by atoms with E-state index in [4.69, 9.17) is 9.44 Å². The number of aromatic nitrogens is 1. The zero-order valence-electron chi connectivity index (χ0n) is 11.0. The summed E-state index contributed by atoms with van der Waals surface area (Å²) >= 11 is 0. The summed E-state index contributed by atoms with van der Waals surface area (Å²) in [5, 5.41) is 8.96. The summed E-state index contributed by atoms with van der Waals surface area (Å²) in [6, 6.07) is 9.68. The molecular formula is C14H12N2O3S. The predicted octanol–water partition coefficient (Wildman–Crippen LogP) is 2.34. The second-order valence-electron chi connectivity index (χ2n) is 4.27. The maximum absolute atomic E-state index is 12.2. The number of nitriles is 1. The van der Waals surface area contributed by atoms with Crippen molar-refractivity contribution in [3.63, 3.8) is 0 Å². The molecule has 0 unspecified atom stereocenters. The lowest BCUT2D eigenvalue weighted by Gasteiger charge is -2.10. The normalized spacial score (nSPS) is 10.8. The van der Waals surface area contributed by atoms with Crippen LogP contribution in [0, 0.1) is 25.2 Å². The van der Waals surface area contributed by atoms with Gasteiger partial charge in [-0.2, -0.15) is 13.7 Å². The van der Waals surface area contributed by atoms with E-state index in [1.54, 1.807) is 25.1 Å². The summed E-state index contributed by atoms with van der Waals surface area (Å²) in [6.45, 7) is 3.51. The molecule has 0 saturated heterocycles. The Morgan fingerprint density at radius 3 is 2.40 bits per heavy atom. The lowest BCUT2D eigenvalue weighted by Crippen LogP contribution is -2.12. The summed E-state index contributed by atoms with van der Waals surface area (Å²) in [6.07, 6.45) is 1.43. The molecule has 2 aromatic rings. The number of aryl methyl sites for hydroxylation is 2. The average Bonchev–Trinajstić information content (AvgIpc) is 2.41. The first-order valence-corrected chi connectivity index (χ1v) is 7.22. The van der Waals surface area contributed by atoms with Crippen LogP contribution in [0.15, 0.2) is 41.4 Å². The minimum Gasteiger partial charge on any atom is -0.376 e. The van der Waals surface area contributed by atoms with E-state index >= 15 is 0 Å². The number of hydrogen-bond donors (Lipinski definition) is 0. The van der Waals surface area contributed by atoms with Crippen molar-refractivity contribution in [1.29, 1.82) is 5.26 Å². The van der Waals surface area contributed by atoms with Gasteiger partial charge in [-0.15, -0.1) is 0 Å². The summed E-state index contributed by atoms with van der Waals surface area (Å²) < 4.78 is 29.4. The fourth-order valence-electron chi connectivity index (χ4n) is 1.59. The van der Waals surface area contributed by atoms with Gasteiger partial charge < -0.3 is 4.18 Å². The van der Waals surface area contributed by atoms with Crippen molar-refractivity contribution in [2.24, 2.45) is 0 Å². The van der Waals surface area contributed by atoms with Crippen molar-refractivity contribution < 1.29 is 12.6 Å². The topological polar surface area (TPSA) is 80.1 Å². The average molecular weight is 288 g/mol. The lowest BCUT2D eigenvalue weighted by molar-refractivity contribution is 0.482. The number of rotatable bonds is 3. The Labute approximate surface area is 117 Å². The molecule has 0 amide bonds. The lowest BCUT2D eigenvalue weighted by atomic mass is 10.2. The third-order valence-corrected chi connectivity index (χ3v) is 3.95. The highest BCUT2D eigenvalue weighted by Crippen LogP contribution is 2.25. The van der Waals surface area contributed by atoms with Gasteiger partial charge in [-0.1, -0.05) is 17.7 Å². The number of nitrogens with zero attached hydrogens (tertiary/aromatic N) is 2. The van der Waals surface area contributed by atoms with Crippen LogP contribution in [-0.4, -0.2) is 13.4 Å². The molecule has 0 spiro atoms. The van der Waals surface area contributed by atoms with Gasteiger partial charge in [-0.3, -0.25) is 0 Å². The molecule has 0 atom stereocenters. The molecule has 1 heterocycles. The first kappa shape index (κ1) is 14.0. The van der Waals surface area contributed by atoms with Gasteiger partial charge in [-0.05, 0) is 37.6 Å². The molecule has 0 aliphatic carbocycles. The summed E-state index contributed by atoms with van der Waals surface area (Å²) in [4.78, 5) is 3.84. The van der Waals surface area contributed by atoms with Gasteiger partial charge in [0.25, 0.3) is 0 Å². The molecule has 0 radical (unpaired) electrons. The maximum atomic E-state index is 12.2. The Morgan fingerprint density at radius 2 is 1.80 bits per heavy atom. The third kappa shape index (κ3) is 2.78. The van der Waals surface area contributed by atoms with Crippen LogP contribution in [0.25, 0.3) is 0 Å². The number of benzene rings is 1. The van der Waals surface area contributed by atoms with Crippen molar-refractivity contribution >= 4 is 10.1 Å². The highest BCUT2D eigenvalue weighted by atomic mass is 32.2. The molecule has 0 aliphatic rings. The van der Waals surface area contributed by atoms with Crippen molar-refractivity contribution in [1.82, 2.24) is 4.98 Å². The quantitative estimate of drug-likeness (QED) is 0.810. The van der Waals surface area contributed by atoms with Gasteiger partial charge in [0, 0.05) is 6.20 Å². The zero-order valence-corrected chi connectivity index (χ0v) is 11.8. The molecule has 20 heavy (non-hydrogen) atoms. The highest BCUT2D eigenvalue weighted by Gasteiger charge is 2.20. The van der Waals surface area contributed by atoms with E-state index in [-0.39, 0.29) is 16.3 Å². The Hall–Kier alpha value is -2.39. The van der Waals surface area contributed by atoms with Crippen LogP contribution in [0.4, 0.5) is 0 Å². The van der Waals surface area contributed by atoms with Gasteiger partial charge in [0.05, 0.1) is 0 Å². The predicted molar refractivity (Wildman–Crippen MR) is 72.7 cm³/mol. The second-order valence-corrected chi connectivity index (χ2v) is 5.81. The van der Waals surface area contributed by atoms with E-state index in [0.717, 1.165) is 5.56 Å². The van der Waals surface area contributed by atoms with E-state index in [9.17, 15) is 8.42 Å². The van der Waals surface area contributed by atoms with Crippen LogP contribution < -0.4 is 4.18 Å². The van der Waals surface area contributed by atoms with E-state index in [0.29, 0.717) is 5.56 Å². The largest absolute Gasteiger partial charge is 0.376 e. The summed E-state index contributed by atoms with van der Waals surface area (Å²) in [5.74, 6) is -0.0319. The molecule has 6 heteroatoms. The molecule has 1 aromatic carbocycles. The Balaban J connectivity index is 2.44. The minimum atomic E-state index is -3.98. The molecular weight excluding hydrogens is 276 g/mol. The molecule has 2 rings (SSSR count). The van der Waals surface area contributed by atoms with E-state index in [1.165, 1.54) is 18.3 Å². The molecule has 0 aliphatic heterocycles. The van der Waals surface area contributed by atoms with Gasteiger partial charge in [0.1, 0.15) is 11.0 Å². The minimum absolute atomic E-state index is 0.0319. The van der Waals surface area contributed by atoms with Gasteiger partial charge in [0.15, 0.2) is 11.4 Å². The van der Waals surface area contributed by atoms with E-state index in [1.807, 2.05) is 13.0 Å². The summed E-state index contributed by atoms with van der Waals surface area (Å²) in [5.41, 5.74) is 1.42. The van der Waals surface area contributed by atoms with Crippen molar-refractivity contribution in [2.75, 3.05) is 0 Å².